The number of aliphatic hydroxyl groups excluding tert-OH is 2. The third-order valence-electron chi connectivity index (χ3n) is 7.46. The van der Waals surface area contributed by atoms with Crippen molar-refractivity contribution in [2.75, 3.05) is 13.2 Å². The van der Waals surface area contributed by atoms with Crippen LogP contribution in [0.3, 0.4) is 0 Å². The maximum atomic E-state index is 12.4. The molecule has 10 nitrogen and oxygen atoms in total. The van der Waals surface area contributed by atoms with E-state index in [0.717, 1.165) is 38.5 Å². The smallest absolute Gasteiger partial charge is 0.462 e. The first kappa shape index (κ1) is 50.6. The van der Waals surface area contributed by atoms with Crippen LogP contribution in [-0.4, -0.2) is 63.5 Å². The Bertz CT molecular complexity index is 1270. The highest BCUT2D eigenvalue weighted by molar-refractivity contribution is 7.46. The molecule has 0 fully saturated rings. The van der Waals surface area contributed by atoms with Crippen molar-refractivity contribution in [3.63, 3.8) is 0 Å². The Hall–Kier alpha value is -3.37. The van der Waals surface area contributed by atoms with Crippen LogP contribution in [0.4, 0.5) is 0 Å². The molecule has 0 aromatic rings. The Balaban J connectivity index is 4.30. The van der Waals surface area contributed by atoms with Crippen LogP contribution in [0.1, 0.15) is 117 Å². The van der Waals surface area contributed by atoms with E-state index >= 15 is 0 Å². The molecule has 304 valence electrons. The molecular weight excluding hydrogens is 707 g/mol. The lowest BCUT2D eigenvalue weighted by molar-refractivity contribution is -0.161. The van der Waals surface area contributed by atoms with Crippen LogP contribution in [-0.2, 0) is 28.2 Å². The molecule has 0 radical (unpaired) electrons. The number of esters is 2. The van der Waals surface area contributed by atoms with Gasteiger partial charge in [0.2, 0.25) is 0 Å². The number of rotatable bonds is 33. The van der Waals surface area contributed by atoms with E-state index in [4.69, 9.17) is 19.3 Å². The maximum absolute atomic E-state index is 12.4. The number of carbonyl (C=O) groups excluding carboxylic acids is 2. The zero-order valence-electron chi connectivity index (χ0n) is 32.5. The van der Waals surface area contributed by atoms with Gasteiger partial charge in [-0.25, -0.2) is 4.57 Å². The number of ether oxygens (including phenoxy) is 2. The molecule has 4 N–H and O–H groups in total. The number of phosphoric ester groups is 1. The van der Waals surface area contributed by atoms with Crippen LogP contribution in [0.25, 0.3) is 0 Å². The molecule has 54 heavy (non-hydrogen) atoms. The van der Waals surface area contributed by atoms with E-state index < -0.39 is 44.7 Å². The largest absolute Gasteiger partial charge is 0.469 e. The van der Waals surface area contributed by atoms with E-state index in [1.807, 2.05) is 43.4 Å². The molecule has 3 atom stereocenters. The van der Waals surface area contributed by atoms with Crippen molar-refractivity contribution in [1.82, 2.24) is 0 Å². The van der Waals surface area contributed by atoms with Crippen molar-refractivity contribution in [2.45, 2.75) is 135 Å². The number of phosphoric acid groups is 1. The summed E-state index contributed by atoms with van der Waals surface area (Å²) in [4.78, 5) is 42.7. The van der Waals surface area contributed by atoms with Crippen molar-refractivity contribution in [3.8, 4) is 0 Å². The molecule has 0 aliphatic heterocycles. The average Bonchev–Trinajstić information content (AvgIpc) is 3.13. The van der Waals surface area contributed by atoms with Gasteiger partial charge in [0.05, 0.1) is 18.8 Å². The first-order valence-electron chi connectivity index (χ1n) is 19.4. The minimum Gasteiger partial charge on any atom is -0.462 e. The predicted molar refractivity (Wildman–Crippen MR) is 218 cm³/mol. The van der Waals surface area contributed by atoms with Gasteiger partial charge in [-0.3, -0.25) is 14.1 Å². The molecule has 0 amide bonds. The second kappa shape index (κ2) is 36.6. The zero-order valence-corrected chi connectivity index (χ0v) is 33.4. The fourth-order valence-electron chi connectivity index (χ4n) is 4.52. The lowest BCUT2D eigenvalue weighted by atomic mass is 10.1. The number of aliphatic hydroxyl groups is 2. The second-order valence-corrected chi connectivity index (χ2v) is 13.8. The number of allylic oxidation sites excluding steroid dienone is 14. The molecule has 0 saturated carbocycles. The van der Waals surface area contributed by atoms with Gasteiger partial charge in [0.15, 0.2) is 6.10 Å². The number of unbranched alkanes of at least 4 members (excludes halogenated alkanes) is 5. The summed E-state index contributed by atoms with van der Waals surface area (Å²) >= 11 is 0. The molecule has 0 heterocycles. The monoisotopic (exact) mass is 774 g/mol. The van der Waals surface area contributed by atoms with E-state index in [0.29, 0.717) is 32.1 Å². The van der Waals surface area contributed by atoms with Gasteiger partial charge in [0.25, 0.3) is 0 Å². The lowest BCUT2D eigenvalue weighted by Gasteiger charge is -2.18. The molecule has 0 unspecified atom stereocenters. The molecule has 0 aromatic carbocycles. The number of carbonyl (C=O) groups is 2. The molecule has 0 saturated heterocycles. The minimum absolute atomic E-state index is 0.0702. The highest BCUT2D eigenvalue weighted by Crippen LogP contribution is 2.35. The van der Waals surface area contributed by atoms with Gasteiger partial charge in [-0.05, 0) is 77.0 Å². The van der Waals surface area contributed by atoms with Gasteiger partial charge < -0.3 is 29.5 Å². The molecule has 0 aliphatic rings. The third kappa shape index (κ3) is 38.4. The summed E-state index contributed by atoms with van der Waals surface area (Å²) < 4.78 is 26.2. The summed E-state index contributed by atoms with van der Waals surface area (Å²) in [5.41, 5.74) is 0. The third-order valence-corrected chi connectivity index (χ3v) is 7.94. The average molecular weight is 775 g/mol. The highest BCUT2D eigenvalue weighted by atomic mass is 31.2. The van der Waals surface area contributed by atoms with Crippen LogP contribution in [0.2, 0.25) is 0 Å². The summed E-state index contributed by atoms with van der Waals surface area (Å²) in [6.45, 7) is 3.25. The van der Waals surface area contributed by atoms with Crippen molar-refractivity contribution >= 4 is 19.8 Å². The summed E-state index contributed by atoms with van der Waals surface area (Å²) in [6, 6.07) is 0. The summed E-state index contributed by atoms with van der Waals surface area (Å²) in [6.07, 6.45) is 44.6. The molecule has 0 spiro atoms. The van der Waals surface area contributed by atoms with Crippen molar-refractivity contribution in [3.05, 3.63) is 109 Å². The first-order valence-corrected chi connectivity index (χ1v) is 20.9. The first-order chi connectivity index (χ1) is 26.1. The van der Waals surface area contributed by atoms with E-state index in [1.165, 1.54) is 19.3 Å². The van der Waals surface area contributed by atoms with Crippen LogP contribution >= 0.6 is 7.82 Å². The molecular formula is C43H67O10P. The summed E-state index contributed by atoms with van der Waals surface area (Å²) in [7, 11) is -4.81. The Morgan fingerprint density at radius 2 is 1.11 bits per heavy atom. The van der Waals surface area contributed by atoms with Crippen LogP contribution in [0.5, 0.6) is 0 Å². The van der Waals surface area contributed by atoms with E-state index in [2.05, 4.69) is 47.9 Å². The predicted octanol–water partition coefficient (Wildman–Crippen LogP) is 9.56. The maximum Gasteiger partial charge on any atom is 0.469 e. The van der Waals surface area contributed by atoms with Gasteiger partial charge in [-0.1, -0.05) is 136 Å². The van der Waals surface area contributed by atoms with Crippen molar-refractivity contribution in [2.24, 2.45) is 0 Å². The topological polar surface area (TPSA) is 160 Å². The Labute approximate surface area is 324 Å². The minimum atomic E-state index is -4.81. The standard InChI is InChI=1S/C43H67O10P/c1-3-5-7-8-9-10-11-12-13-14-15-16-17-22-30-36-43(47)53-41(38-52-54(48,49)50)37-51-42(46)35-29-21-19-18-20-26-32-40(45)34-28-24-23-27-33-39(44)31-25-6-4-2/h6,9-10,12-13,15-16,19-21,23-28,33-34,39-41,44-45H,3-5,7-8,11,14,17-18,22,29-32,35-38H2,1-2H3,(H2,48,49,50)/b10-9-,13-12-,16-15-,21-19-,24-23-,25-6-,26-20-,33-27+,34-28+/t39-,40+,41-/m1/s1. The fourth-order valence-corrected chi connectivity index (χ4v) is 4.88. The van der Waals surface area contributed by atoms with Crippen LogP contribution in [0.15, 0.2) is 109 Å². The van der Waals surface area contributed by atoms with Gasteiger partial charge in [-0.2, -0.15) is 0 Å². The van der Waals surface area contributed by atoms with Crippen molar-refractivity contribution < 1.29 is 48.2 Å². The normalized spacial score (nSPS) is 14.9. The summed E-state index contributed by atoms with van der Waals surface area (Å²) in [5, 5.41) is 19.9. The Morgan fingerprint density at radius 1 is 0.593 bits per heavy atom. The second-order valence-electron chi connectivity index (χ2n) is 12.6. The quantitative estimate of drug-likeness (QED) is 0.0166. The van der Waals surface area contributed by atoms with E-state index in [1.54, 1.807) is 36.5 Å². The van der Waals surface area contributed by atoms with Gasteiger partial charge in [-0.15, -0.1) is 0 Å². The molecule has 0 aliphatic carbocycles. The van der Waals surface area contributed by atoms with Gasteiger partial charge in [0.1, 0.15) is 6.61 Å². The number of hydrogen-bond donors (Lipinski definition) is 4. The number of hydrogen-bond acceptors (Lipinski definition) is 8. The zero-order chi connectivity index (χ0) is 40.0. The SMILES string of the molecule is CC/C=C\C[C@@H](O)/C=C/C=C\C=C\[C@@H](O)C/C=C\C/C=C\CCC(=O)OC[C@H](COP(=O)(O)O)OC(=O)CCCC/C=C\C/C=C\C/C=C\CCCCC. The van der Waals surface area contributed by atoms with Crippen molar-refractivity contribution in [1.29, 1.82) is 0 Å². The van der Waals surface area contributed by atoms with E-state index in [9.17, 15) is 24.4 Å². The molecule has 11 heteroatoms. The Morgan fingerprint density at radius 3 is 1.67 bits per heavy atom. The van der Waals surface area contributed by atoms with Crippen LogP contribution in [0, 0.1) is 0 Å². The Kier molecular flexibility index (Phi) is 34.3. The molecule has 0 aromatic heterocycles. The fraction of sp³-hybridized carbons (Fsp3) is 0.535. The van der Waals surface area contributed by atoms with Gasteiger partial charge >= 0.3 is 19.8 Å². The van der Waals surface area contributed by atoms with E-state index in [-0.39, 0.29) is 19.4 Å². The van der Waals surface area contributed by atoms with Crippen LogP contribution < -0.4 is 0 Å². The highest BCUT2D eigenvalue weighted by Gasteiger charge is 2.22. The molecule has 0 rings (SSSR count). The lowest BCUT2D eigenvalue weighted by Crippen LogP contribution is -2.29. The summed E-state index contributed by atoms with van der Waals surface area (Å²) in [5.74, 6) is -1.11. The molecule has 0 bridgehead atoms. The van der Waals surface area contributed by atoms with Gasteiger partial charge in [0, 0.05) is 12.8 Å².